The molecule has 12 heavy (non-hydrogen) atoms. The van der Waals surface area contributed by atoms with E-state index in [1.165, 1.54) is 5.82 Å². The van der Waals surface area contributed by atoms with Crippen molar-refractivity contribution in [1.82, 2.24) is 9.55 Å². The molecule has 68 valence electrons. The van der Waals surface area contributed by atoms with Crippen molar-refractivity contribution in [3.63, 3.8) is 0 Å². The van der Waals surface area contributed by atoms with Crippen molar-refractivity contribution in [3.8, 4) is 0 Å². The summed E-state index contributed by atoms with van der Waals surface area (Å²) in [6.45, 7) is 0.964. The molecule has 0 saturated heterocycles. The highest BCUT2D eigenvalue weighted by Crippen LogP contribution is 2.14. The smallest absolute Gasteiger partial charge is 0.108 e. The Bertz CT molecular complexity index is 249. The molecule has 0 saturated carbocycles. The number of ether oxygens (including phenoxy) is 1. The second kappa shape index (κ2) is 3.92. The fourth-order valence-corrected chi connectivity index (χ4v) is 1.53. The molecule has 0 amide bonds. The molecule has 1 unspecified atom stereocenters. The number of methoxy groups -OCH3 is 1. The van der Waals surface area contributed by atoms with Crippen molar-refractivity contribution in [2.75, 3.05) is 7.11 Å². The van der Waals surface area contributed by atoms with Crippen molar-refractivity contribution in [2.24, 2.45) is 0 Å². The van der Waals surface area contributed by atoms with Gasteiger partial charge < -0.3 is 9.30 Å². The molecule has 2 rings (SSSR count). The Morgan fingerprint density at radius 3 is 3.25 bits per heavy atom. The van der Waals surface area contributed by atoms with Crippen LogP contribution in [0.4, 0.5) is 0 Å². The van der Waals surface area contributed by atoms with Gasteiger partial charge in [0.15, 0.2) is 0 Å². The van der Waals surface area contributed by atoms with E-state index in [2.05, 4.69) is 9.55 Å². The Labute approximate surface area is 78.2 Å². The Balaban J connectivity index is 0.000000720. The standard InChI is InChI=1S/C8H12N2O.ClH/c1-11-7-2-3-8-9-4-5-10(8)6-7;/h4-5,7H,2-3,6H2,1H3;1H. The SMILES string of the molecule is COC1CCc2nccn2C1.Cl. The van der Waals surface area contributed by atoms with Crippen LogP contribution in [0.15, 0.2) is 12.4 Å². The molecule has 1 aliphatic heterocycles. The summed E-state index contributed by atoms with van der Waals surface area (Å²) in [5, 5.41) is 0. The van der Waals surface area contributed by atoms with Gasteiger partial charge in [0.2, 0.25) is 0 Å². The first-order valence-electron chi connectivity index (χ1n) is 3.93. The van der Waals surface area contributed by atoms with E-state index in [9.17, 15) is 0 Å². The number of aryl methyl sites for hydroxylation is 1. The Kier molecular flexibility index (Phi) is 3.12. The maximum absolute atomic E-state index is 5.27. The number of hydrogen-bond donors (Lipinski definition) is 0. The number of aromatic nitrogens is 2. The van der Waals surface area contributed by atoms with Crippen molar-refractivity contribution in [2.45, 2.75) is 25.5 Å². The van der Waals surface area contributed by atoms with Gasteiger partial charge in [0.05, 0.1) is 12.6 Å². The summed E-state index contributed by atoms with van der Waals surface area (Å²) in [5.74, 6) is 1.19. The number of fused-ring (bicyclic) bond motifs is 1. The van der Waals surface area contributed by atoms with Crippen LogP contribution in [0.1, 0.15) is 12.2 Å². The van der Waals surface area contributed by atoms with Gasteiger partial charge in [-0.15, -0.1) is 12.4 Å². The first-order valence-corrected chi connectivity index (χ1v) is 3.93. The lowest BCUT2D eigenvalue weighted by Gasteiger charge is -2.21. The number of imidazole rings is 1. The zero-order valence-electron chi connectivity index (χ0n) is 7.06. The van der Waals surface area contributed by atoms with Crippen LogP contribution < -0.4 is 0 Å². The fourth-order valence-electron chi connectivity index (χ4n) is 1.53. The molecule has 0 aliphatic carbocycles. The monoisotopic (exact) mass is 188 g/mol. The van der Waals surface area contributed by atoms with E-state index in [4.69, 9.17) is 4.74 Å². The lowest BCUT2D eigenvalue weighted by atomic mass is 10.1. The van der Waals surface area contributed by atoms with Gasteiger partial charge in [-0.2, -0.15) is 0 Å². The van der Waals surface area contributed by atoms with E-state index in [0.29, 0.717) is 6.10 Å². The zero-order valence-corrected chi connectivity index (χ0v) is 7.88. The third-order valence-electron chi connectivity index (χ3n) is 2.23. The molecule has 4 heteroatoms. The second-order valence-electron chi connectivity index (χ2n) is 2.89. The summed E-state index contributed by atoms with van der Waals surface area (Å²) >= 11 is 0. The molecule has 0 aromatic carbocycles. The highest BCUT2D eigenvalue weighted by atomic mass is 35.5. The first kappa shape index (κ1) is 9.55. The fraction of sp³-hybridized carbons (Fsp3) is 0.625. The van der Waals surface area contributed by atoms with Gasteiger partial charge in [0, 0.05) is 25.9 Å². The maximum Gasteiger partial charge on any atom is 0.108 e. The predicted molar refractivity (Wildman–Crippen MR) is 48.6 cm³/mol. The minimum Gasteiger partial charge on any atom is -0.380 e. The number of nitrogens with zero attached hydrogens (tertiary/aromatic N) is 2. The minimum atomic E-state index is 0. The lowest BCUT2D eigenvalue weighted by molar-refractivity contribution is 0.0706. The van der Waals surface area contributed by atoms with Crippen LogP contribution in [0.25, 0.3) is 0 Å². The molecule has 0 radical (unpaired) electrons. The van der Waals surface area contributed by atoms with E-state index in [0.717, 1.165) is 19.4 Å². The zero-order chi connectivity index (χ0) is 7.68. The lowest BCUT2D eigenvalue weighted by Crippen LogP contribution is -2.25. The molecule has 1 aliphatic rings. The maximum atomic E-state index is 5.27. The first-order chi connectivity index (χ1) is 5.40. The summed E-state index contributed by atoms with van der Waals surface area (Å²) in [6, 6.07) is 0. The molecule has 2 heterocycles. The third-order valence-corrected chi connectivity index (χ3v) is 2.23. The summed E-state index contributed by atoms with van der Waals surface area (Å²) < 4.78 is 7.43. The molecule has 0 N–H and O–H groups in total. The number of hydrogen-bond acceptors (Lipinski definition) is 2. The van der Waals surface area contributed by atoms with E-state index in [1.807, 2.05) is 12.4 Å². The molecule has 0 fully saturated rings. The molecular formula is C8H13ClN2O. The van der Waals surface area contributed by atoms with Crippen LogP contribution in [0.3, 0.4) is 0 Å². The average molecular weight is 189 g/mol. The molecular weight excluding hydrogens is 176 g/mol. The van der Waals surface area contributed by atoms with Crippen molar-refractivity contribution in [1.29, 1.82) is 0 Å². The summed E-state index contributed by atoms with van der Waals surface area (Å²) in [7, 11) is 1.77. The van der Waals surface area contributed by atoms with Gasteiger partial charge in [0.1, 0.15) is 5.82 Å². The molecule has 1 atom stereocenters. The molecule has 3 nitrogen and oxygen atoms in total. The van der Waals surface area contributed by atoms with Crippen molar-refractivity contribution < 1.29 is 4.74 Å². The van der Waals surface area contributed by atoms with Gasteiger partial charge in [-0.3, -0.25) is 0 Å². The van der Waals surface area contributed by atoms with Gasteiger partial charge in [-0.05, 0) is 6.42 Å². The van der Waals surface area contributed by atoms with E-state index in [1.54, 1.807) is 7.11 Å². The topological polar surface area (TPSA) is 27.1 Å². The van der Waals surface area contributed by atoms with Crippen LogP contribution in [0.2, 0.25) is 0 Å². The Hall–Kier alpha value is -0.540. The molecule has 0 bridgehead atoms. The normalized spacial score (nSPS) is 21.2. The average Bonchev–Trinajstić information content (AvgIpc) is 2.50. The van der Waals surface area contributed by atoms with Gasteiger partial charge in [-0.25, -0.2) is 4.98 Å². The molecule has 1 aromatic heterocycles. The number of halogens is 1. The van der Waals surface area contributed by atoms with Crippen LogP contribution in [-0.4, -0.2) is 22.8 Å². The van der Waals surface area contributed by atoms with Crippen LogP contribution in [0.5, 0.6) is 0 Å². The van der Waals surface area contributed by atoms with E-state index in [-0.39, 0.29) is 12.4 Å². The highest BCUT2D eigenvalue weighted by Gasteiger charge is 2.17. The van der Waals surface area contributed by atoms with E-state index < -0.39 is 0 Å². The van der Waals surface area contributed by atoms with Crippen LogP contribution >= 0.6 is 12.4 Å². The Morgan fingerprint density at radius 1 is 1.67 bits per heavy atom. The van der Waals surface area contributed by atoms with Gasteiger partial charge >= 0.3 is 0 Å². The predicted octanol–water partition coefficient (Wildman–Crippen LogP) is 1.27. The van der Waals surface area contributed by atoms with E-state index >= 15 is 0 Å². The van der Waals surface area contributed by atoms with Crippen molar-refractivity contribution in [3.05, 3.63) is 18.2 Å². The van der Waals surface area contributed by atoms with Crippen LogP contribution in [0, 0.1) is 0 Å². The summed E-state index contributed by atoms with van der Waals surface area (Å²) in [6.07, 6.45) is 6.41. The number of rotatable bonds is 1. The highest BCUT2D eigenvalue weighted by molar-refractivity contribution is 5.85. The third kappa shape index (κ3) is 1.62. The molecule has 1 aromatic rings. The van der Waals surface area contributed by atoms with Crippen LogP contribution in [-0.2, 0) is 17.7 Å². The van der Waals surface area contributed by atoms with Gasteiger partial charge in [-0.1, -0.05) is 0 Å². The van der Waals surface area contributed by atoms with Crippen molar-refractivity contribution >= 4 is 12.4 Å². The quantitative estimate of drug-likeness (QED) is 0.664. The Morgan fingerprint density at radius 2 is 2.50 bits per heavy atom. The largest absolute Gasteiger partial charge is 0.380 e. The van der Waals surface area contributed by atoms with Gasteiger partial charge in [0.25, 0.3) is 0 Å². The minimum absolute atomic E-state index is 0. The second-order valence-corrected chi connectivity index (χ2v) is 2.89. The summed E-state index contributed by atoms with van der Waals surface area (Å²) in [4.78, 5) is 4.23. The molecule has 0 spiro atoms. The summed E-state index contributed by atoms with van der Waals surface area (Å²) in [5.41, 5.74) is 0.